The third-order valence-electron chi connectivity index (χ3n) is 2.21. The van der Waals surface area contributed by atoms with Crippen LogP contribution in [0.1, 0.15) is 24.4 Å². The molecule has 0 saturated heterocycles. The Kier molecular flexibility index (Phi) is 3.67. The second kappa shape index (κ2) is 5.40. The molecule has 94 valence electrons. The lowest BCUT2D eigenvalue weighted by molar-refractivity contribution is 0.0996. The Hall–Kier alpha value is -2.23. The van der Waals surface area contributed by atoms with Crippen LogP contribution >= 0.6 is 0 Å². The van der Waals surface area contributed by atoms with Crippen LogP contribution in [0.3, 0.4) is 0 Å². The van der Waals surface area contributed by atoms with E-state index in [-0.39, 0.29) is 17.8 Å². The van der Waals surface area contributed by atoms with Crippen LogP contribution in [0.5, 0.6) is 5.75 Å². The highest BCUT2D eigenvalue weighted by atomic mass is 16.5. The van der Waals surface area contributed by atoms with Gasteiger partial charge < -0.3 is 14.5 Å². The number of hydrogen-bond donors (Lipinski definition) is 1. The van der Waals surface area contributed by atoms with E-state index in [9.17, 15) is 4.79 Å². The minimum atomic E-state index is -0.276. The van der Waals surface area contributed by atoms with Gasteiger partial charge in [-0.25, -0.2) is 0 Å². The van der Waals surface area contributed by atoms with Crippen LogP contribution in [-0.2, 0) is 0 Å². The van der Waals surface area contributed by atoms with Gasteiger partial charge >= 0.3 is 0 Å². The largest absolute Gasteiger partial charge is 0.491 e. The zero-order chi connectivity index (χ0) is 13.0. The number of carbonyl (C=O) groups is 1. The Balaban J connectivity index is 2.07. The van der Waals surface area contributed by atoms with Crippen molar-refractivity contribution in [2.45, 2.75) is 20.0 Å². The molecule has 0 radical (unpaired) electrons. The van der Waals surface area contributed by atoms with E-state index in [2.05, 4.69) is 5.32 Å². The summed E-state index contributed by atoms with van der Waals surface area (Å²) >= 11 is 0. The first-order valence-corrected chi connectivity index (χ1v) is 5.77. The summed E-state index contributed by atoms with van der Waals surface area (Å²) in [5, 5.41) is 2.75. The molecule has 0 atom stereocenters. The summed E-state index contributed by atoms with van der Waals surface area (Å²) in [6, 6.07) is 10.5. The number of hydrogen-bond acceptors (Lipinski definition) is 3. The topological polar surface area (TPSA) is 51.5 Å². The highest BCUT2D eigenvalue weighted by Gasteiger charge is 2.09. The molecular weight excluding hydrogens is 230 g/mol. The normalized spacial score (nSPS) is 10.4. The van der Waals surface area contributed by atoms with Crippen molar-refractivity contribution in [3.05, 3.63) is 48.4 Å². The minimum Gasteiger partial charge on any atom is -0.491 e. The number of nitrogens with one attached hydrogen (secondary N) is 1. The van der Waals surface area contributed by atoms with Crippen molar-refractivity contribution >= 4 is 11.6 Å². The average molecular weight is 245 g/mol. The average Bonchev–Trinajstić information content (AvgIpc) is 2.81. The van der Waals surface area contributed by atoms with E-state index in [1.54, 1.807) is 24.3 Å². The van der Waals surface area contributed by atoms with Crippen LogP contribution in [0.2, 0.25) is 0 Å². The fraction of sp³-hybridized carbons (Fsp3) is 0.214. The summed E-state index contributed by atoms with van der Waals surface area (Å²) in [5.41, 5.74) is 0.676. The number of rotatable bonds is 4. The summed E-state index contributed by atoms with van der Waals surface area (Å²) < 4.78 is 10.6. The van der Waals surface area contributed by atoms with E-state index in [4.69, 9.17) is 9.15 Å². The predicted molar refractivity (Wildman–Crippen MR) is 68.9 cm³/mol. The number of furan rings is 1. The van der Waals surface area contributed by atoms with Crippen molar-refractivity contribution in [3.63, 3.8) is 0 Å². The maximum atomic E-state index is 11.8. The lowest BCUT2D eigenvalue weighted by Crippen LogP contribution is -2.11. The van der Waals surface area contributed by atoms with E-state index < -0.39 is 0 Å². The van der Waals surface area contributed by atoms with E-state index in [0.29, 0.717) is 5.69 Å². The van der Waals surface area contributed by atoms with E-state index in [1.165, 1.54) is 6.26 Å². The standard InChI is InChI=1S/C14H15NO3/c1-10(2)18-12-6-3-5-11(9-12)15-14(16)13-7-4-8-17-13/h3-10H,1-2H3,(H,15,16). The van der Waals surface area contributed by atoms with Crippen LogP contribution in [0.25, 0.3) is 0 Å². The fourth-order valence-electron chi connectivity index (χ4n) is 1.52. The molecule has 0 aliphatic carbocycles. The van der Waals surface area contributed by atoms with Gasteiger partial charge in [0.05, 0.1) is 12.4 Å². The van der Waals surface area contributed by atoms with Gasteiger partial charge in [-0.2, -0.15) is 0 Å². The molecule has 0 aliphatic heterocycles. The molecule has 0 bridgehead atoms. The second-order valence-corrected chi connectivity index (χ2v) is 4.13. The molecule has 2 aromatic rings. The van der Waals surface area contributed by atoms with Crippen LogP contribution < -0.4 is 10.1 Å². The lowest BCUT2D eigenvalue weighted by atomic mass is 10.3. The highest BCUT2D eigenvalue weighted by molar-refractivity contribution is 6.02. The molecule has 1 heterocycles. The lowest BCUT2D eigenvalue weighted by Gasteiger charge is -2.11. The van der Waals surface area contributed by atoms with E-state index in [0.717, 1.165) is 5.75 Å². The van der Waals surface area contributed by atoms with Crippen molar-refractivity contribution < 1.29 is 13.9 Å². The Morgan fingerprint density at radius 2 is 2.11 bits per heavy atom. The van der Waals surface area contributed by atoms with Gasteiger partial charge in [-0.1, -0.05) is 6.07 Å². The first-order valence-electron chi connectivity index (χ1n) is 5.77. The molecular formula is C14H15NO3. The van der Waals surface area contributed by atoms with Gasteiger partial charge in [-0.3, -0.25) is 4.79 Å². The Labute approximate surface area is 106 Å². The quantitative estimate of drug-likeness (QED) is 0.898. The maximum Gasteiger partial charge on any atom is 0.291 e. The fourth-order valence-corrected chi connectivity index (χ4v) is 1.52. The summed E-state index contributed by atoms with van der Waals surface area (Å²) in [5.74, 6) is 0.731. The molecule has 0 saturated carbocycles. The van der Waals surface area contributed by atoms with Crippen molar-refractivity contribution in [3.8, 4) is 5.75 Å². The number of amides is 1. The third kappa shape index (κ3) is 3.13. The van der Waals surface area contributed by atoms with Gasteiger partial charge in [0, 0.05) is 11.8 Å². The molecule has 0 fully saturated rings. The Morgan fingerprint density at radius 3 is 2.78 bits per heavy atom. The molecule has 1 aromatic heterocycles. The maximum absolute atomic E-state index is 11.8. The number of benzene rings is 1. The molecule has 4 heteroatoms. The molecule has 1 N–H and O–H groups in total. The molecule has 4 nitrogen and oxygen atoms in total. The minimum absolute atomic E-state index is 0.0982. The van der Waals surface area contributed by atoms with E-state index >= 15 is 0 Å². The predicted octanol–water partition coefficient (Wildman–Crippen LogP) is 3.32. The summed E-state index contributed by atoms with van der Waals surface area (Å²) in [7, 11) is 0. The van der Waals surface area contributed by atoms with Gasteiger partial charge in [0.25, 0.3) is 5.91 Å². The van der Waals surface area contributed by atoms with Gasteiger partial charge in [0.1, 0.15) is 5.75 Å². The van der Waals surface area contributed by atoms with Gasteiger partial charge in [-0.05, 0) is 38.1 Å². The summed E-state index contributed by atoms with van der Waals surface area (Å²) in [6.07, 6.45) is 1.56. The molecule has 0 unspecified atom stereocenters. The first-order chi connectivity index (χ1) is 8.65. The smallest absolute Gasteiger partial charge is 0.291 e. The number of ether oxygens (including phenoxy) is 1. The van der Waals surface area contributed by atoms with Crippen molar-refractivity contribution in [2.75, 3.05) is 5.32 Å². The van der Waals surface area contributed by atoms with Crippen LogP contribution in [0, 0.1) is 0 Å². The van der Waals surface area contributed by atoms with Crippen LogP contribution in [0.15, 0.2) is 47.1 Å². The molecule has 2 rings (SSSR count). The monoisotopic (exact) mass is 245 g/mol. The molecule has 18 heavy (non-hydrogen) atoms. The van der Waals surface area contributed by atoms with Gasteiger partial charge in [0.15, 0.2) is 5.76 Å². The molecule has 0 aliphatic rings. The molecule has 1 aromatic carbocycles. The third-order valence-corrected chi connectivity index (χ3v) is 2.21. The van der Waals surface area contributed by atoms with Gasteiger partial charge in [0.2, 0.25) is 0 Å². The second-order valence-electron chi connectivity index (χ2n) is 4.13. The van der Waals surface area contributed by atoms with E-state index in [1.807, 2.05) is 26.0 Å². The zero-order valence-corrected chi connectivity index (χ0v) is 10.3. The zero-order valence-electron chi connectivity index (χ0n) is 10.3. The van der Waals surface area contributed by atoms with Crippen LogP contribution in [0.4, 0.5) is 5.69 Å². The van der Waals surface area contributed by atoms with Crippen molar-refractivity contribution in [1.29, 1.82) is 0 Å². The SMILES string of the molecule is CC(C)Oc1cccc(NC(=O)c2ccco2)c1. The number of carbonyl (C=O) groups excluding carboxylic acids is 1. The molecule has 0 spiro atoms. The van der Waals surface area contributed by atoms with Crippen LogP contribution in [-0.4, -0.2) is 12.0 Å². The molecule has 1 amide bonds. The number of anilines is 1. The highest BCUT2D eigenvalue weighted by Crippen LogP contribution is 2.19. The Bertz CT molecular complexity index is 518. The van der Waals surface area contributed by atoms with Gasteiger partial charge in [-0.15, -0.1) is 0 Å². The van der Waals surface area contributed by atoms with Crippen molar-refractivity contribution in [2.24, 2.45) is 0 Å². The summed E-state index contributed by atoms with van der Waals surface area (Å²) in [6.45, 7) is 3.90. The summed E-state index contributed by atoms with van der Waals surface area (Å²) in [4.78, 5) is 11.8. The van der Waals surface area contributed by atoms with Crippen molar-refractivity contribution in [1.82, 2.24) is 0 Å². The first kappa shape index (κ1) is 12.2. The Morgan fingerprint density at radius 1 is 1.28 bits per heavy atom.